The zero-order valence-corrected chi connectivity index (χ0v) is 14.9. The molecule has 8 heteroatoms. The van der Waals surface area contributed by atoms with Crippen LogP contribution in [-0.4, -0.2) is 45.8 Å². The molecule has 2 fully saturated rings. The fourth-order valence-corrected chi connectivity index (χ4v) is 2.96. The van der Waals surface area contributed by atoms with Crippen molar-refractivity contribution in [2.24, 2.45) is 5.92 Å². The molecule has 2 aliphatic rings. The molecule has 1 unspecified atom stereocenters. The zero-order valence-electron chi connectivity index (χ0n) is 14.1. The van der Waals surface area contributed by atoms with Gasteiger partial charge in [0.2, 0.25) is 11.8 Å². The lowest BCUT2D eigenvalue weighted by molar-refractivity contribution is -0.132. The number of carbonyl (C=O) groups excluding carboxylic acids is 3. The van der Waals surface area contributed by atoms with Crippen molar-refractivity contribution in [1.82, 2.24) is 15.3 Å². The molecule has 3 amide bonds. The van der Waals surface area contributed by atoms with Gasteiger partial charge in [-0.25, -0.2) is 5.01 Å². The van der Waals surface area contributed by atoms with Crippen molar-refractivity contribution in [2.45, 2.75) is 32.2 Å². The Morgan fingerprint density at radius 1 is 1.32 bits per heavy atom. The van der Waals surface area contributed by atoms with Crippen LogP contribution in [0.3, 0.4) is 0 Å². The molecule has 1 aromatic carbocycles. The normalized spacial score (nSPS) is 20.0. The summed E-state index contributed by atoms with van der Waals surface area (Å²) in [5, 5.41) is 4.32. The van der Waals surface area contributed by atoms with E-state index in [9.17, 15) is 14.4 Å². The summed E-state index contributed by atoms with van der Waals surface area (Å²) in [6.45, 7) is 1.93. The summed E-state index contributed by atoms with van der Waals surface area (Å²) in [7, 11) is 1.54. The molecule has 0 bridgehead atoms. The second-order valence-corrected chi connectivity index (χ2v) is 6.80. The highest BCUT2D eigenvalue weighted by Crippen LogP contribution is 2.29. The highest BCUT2D eigenvalue weighted by Gasteiger charge is 2.44. The SMILES string of the molecule is Cc1cccc(NC(=O)CC2C(=O)N(C)C(=S)N2NC(=O)C2CC2)c1. The van der Waals surface area contributed by atoms with E-state index in [4.69, 9.17) is 12.2 Å². The predicted molar refractivity (Wildman–Crippen MR) is 96.3 cm³/mol. The van der Waals surface area contributed by atoms with Crippen LogP contribution >= 0.6 is 12.2 Å². The van der Waals surface area contributed by atoms with E-state index < -0.39 is 6.04 Å². The molecule has 132 valence electrons. The number of nitrogens with one attached hydrogen (secondary N) is 2. The van der Waals surface area contributed by atoms with E-state index in [2.05, 4.69) is 10.7 Å². The summed E-state index contributed by atoms with van der Waals surface area (Å²) in [5.74, 6) is -0.798. The summed E-state index contributed by atoms with van der Waals surface area (Å²) in [4.78, 5) is 38.1. The lowest BCUT2D eigenvalue weighted by atomic mass is 10.1. The van der Waals surface area contributed by atoms with Crippen LogP contribution in [0.1, 0.15) is 24.8 Å². The van der Waals surface area contributed by atoms with Crippen molar-refractivity contribution < 1.29 is 14.4 Å². The van der Waals surface area contributed by atoms with Crippen LogP contribution < -0.4 is 10.7 Å². The number of benzene rings is 1. The maximum absolute atomic E-state index is 12.4. The van der Waals surface area contributed by atoms with Crippen LogP contribution in [0.5, 0.6) is 0 Å². The largest absolute Gasteiger partial charge is 0.326 e. The topological polar surface area (TPSA) is 81.8 Å². The Kier molecular flexibility index (Phi) is 4.71. The Balaban J connectivity index is 1.68. The summed E-state index contributed by atoms with van der Waals surface area (Å²) in [6, 6.07) is 6.57. The molecule has 0 aromatic heterocycles. The van der Waals surface area contributed by atoms with Crippen LogP contribution in [0.2, 0.25) is 0 Å². The van der Waals surface area contributed by atoms with E-state index in [1.54, 1.807) is 13.1 Å². The minimum absolute atomic E-state index is 0.0226. The van der Waals surface area contributed by atoms with Gasteiger partial charge in [-0.1, -0.05) is 12.1 Å². The van der Waals surface area contributed by atoms with E-state index in [-0.39, 0.29) is 35.2 Å². The Morgan fingerprint density at radius 2 is 2.04 bits per heavy atom. The van der Waals surface area contributed by atoms with E-state index in [1.807, 2.05) is 25.1 Å². The third-order valence-corrected chi connectivity index (χ3v) is 4.75. The van der Waals surface area contributed by atoms with Gasteiger partial charge in [0.25, 0.3) is 5.91 Å². The highest BCUT2D eigenvalue weighted by molar-refractivity contribution is 7.80. The fourth-order valence-electron chi connectivity index (χ4n) is 2.69. The van der Waals surface area contributed by atoms with Crippen LogP contribution in [0.15, 0.2) is 24.3 Å². The van der Waals surface area contributed by atoms with Crippen molar-refractivity contribution >= 4 is 40.7 Å². The van der Waals surface area contributed by atoms with E-state index in [0.717, 1.165) is 18.4 Å². The summed E-state index contributed by atoms with van der Waals surface area (Å²) in [5.41, 5.74) is 4.38. The number of hydrogen-bond donors (Lipinski definition) is 2. The third kappa shape index (κ3) is 3.79. The first-order valence-corrected chi connectivity index (χ1v) is 8.55. The first kappa shape index (κ1) is 17.3. The van der Waals surface area contributed by atoms with Gasteiger partial charge in [0.05, 0.1) is 6.42 Å². The van der Waals surface area contributed by atoms with Crippen molar-refractivity contribution in [3.8, 4) is 0 Å². The molecule has 0 radical (unpaired) electrons. The number of carbonyl (C=O) groups is 3. The molecule has 7 nitrogen and oxygen atoms in total. The van der Waals surface area contributed by atoms with Gasteiger partial charge < -0.3 is 5.32 Å². The first-order chi connectivity index (χ1) is 11.9. The lowest BCUT2D eigenvalue weighted by Gasteiger charge is -2.24. The first-order valence-electron chi connectivity index (χ1n) is 8.14. The highest BCUT2D eigenvalue weighted by atomic mass is 32.1. The predicted octanol–water partition coefficient (Wildman–Crippen LogP) is 1.19. The Bertz CT molecular complexity index is 747. The monoisotopic (exact) mass is 360 g/mol. The Labute approximate surface area is 151 Å². The van der Waals surface area contributed by atoms with Crippen molar-refractivity contribution in [1.29, 1.82) is 0 Å². The van der Waals surface area contributed by atoms with Crippen LogP contribution in [0.4, 0.5) is 5.69 Å². The van der Waals surface area contributed by atoms with E-state index >= 15 is 0 Å². The number of likely N-dealkylation sites (N-methyl/N-ethyl adjacent to an activating group) is 1. The molecular formula is C17H20N4O3S. The maximum Gasteiger partial charge on any atom is 0.253 e. The molecular weight excluding hydrogens is 340 g/mol. The summed E-state index contributed by atoms with van der Waals surface area (Å²) < 4.78 is 0. The lowest BCUT2D eigenvalue weighted by Crippen LogP contribution is -2.50. The molecule has 1 heterocycles. The summed E-state index contributed by atoms with van der Waals surface area (Å²) >= 11 is 5.23. The number of amides is 3. The Hall–Kier alpha value is -2.48. The number of rotatable bonds is 5. The van der Waals surface area contributed by atoms with E-state index in [0.29, 0.717) is 5.69 Å². The van der Waals surface area contributed by atoms with Crippen LogP contribution in [-0.2, 0) is 14.4 Å². The van der Waals surface area contributed by atoms with E-state index in [1.165, 1.54) is 9.91 Å². The number of hydrogen-bond acceptors (Lipinski definition) is 4. The Morgan fingerprint density at radius 3 is 2.68 bits per heavy atom. The van der Waals surface area contributed by atoms with Crippen LogP contribution in [0, 0.1) is 12.8 Å². The van der Waals surface area contributed by atoms with Gasteiger partial charge in [-0.15, -0.1) is 0 Å². The number of aryl methyl sites for hydroxylation is 1. The number of hydrazine groups is 1. The van der Waals surface area contributed by atoms with Gasteiger partial charge in [0, 0.05) is 18.7 Å². The minimum Gasteiger partial charge on any atom is -0.326 e. The quantitative estimate of drug-likeness (QED) is 0.771. The van der Waals surface area contributed by atoms with Crippen molar-refractivity contribution in [3.05, 3.63) is 29.8 Å². The van der Waals surface area contributed by atoms with Gasteiger partial charge in [-0.05, 0) is 49.7 Å². The number of anilines is 1. The van der Waals surface area contributed by atoms with Gasteiger partial charge in [-0.3, -0.25) is 24.7 Å². The van der Waals surface area contributed by atoms with Gasteiger partial charge in [0.15, 0.2) is 5.11 Å². The molecule has 3 rings (SSSR count). The average molecular weight is 360 g/mol. The standard InChI is InChI=1S/C17H20N4O3S/c1-10-4-3-5-12(8-10)18-14(22)9-13-16(24)20(2)17(25)21(13)19-15(23)11-6-7-11/h3-5,8,11,13H,6-7,9H2,1-2H3,(H,18,22)(H,19,23). The molecule has 1 saturated heterocycles. The molecule has 1 atom stereocenters. The van der Waals surface area contributed by atoms with Gasteiger partial charge in [0.1, 0.15) is 6.04 Å². The average Bonchev–Trinajstić information content (AvgIpc) is 3.38. The van der Waals surface area contributed by atoms with Crippen molar-refractivity contribution in [3.63, 3.8) is 0 Å². The smallest absolute Gasteiger partial charge is 0.253 e. The second-order valence-electron chi connectivity index (χ2n) is 6.44. The van der Waals surface area contributed by atoms with Crippen molar-refractivity contribution in [2.75, 3.05) is 12.4 Å². The molecule has 1 saturated carbocycles. The summed E-state index contributed by atoms with van der Waals surface area (Å²) in [6.07, 6.45) is 1.59. The molecule has 1 aliphatic carbocycles. The minimum atomic E-state index is -0.829. The zero-order chi connectivity index (χ0) is 18.1. The fraction of sp³-hybridized carbons (Fsp3) is 0.412. The second kappa shape index (κ2) is 6.79. The molecule has 2 N–H and O–H groups in total. The number of nitrogens with zero attached hydrogens (tertiary/aromatic N) is 2. The van der Waals surface area contributed by atoms with Gasteiger partial charge >= 0.3 is 0 Å². The number of thiocarbonyl (C=S) groups is 1. The molecule has 0 spiro atoms. The third-order valence-electron chi connectivity index (χ3n) is 4.28. The molecule has 1 aromatic rings. The van der Waals surface area contributed by atoms with Crippen LogP contribution in [0.25, 0.3) is 0 Å². The molecule has 1 aliphatic heterocycles. The maximum atomic E-state index is 12.4. The molecule has 25 heavy (non-hydrogen) atoms. The van der Waals surface area contributed by atoms with Gasteiger partial charge in [-0.2, -0.15) is 0 Å².